The molecule has 1 heterocycles. The van der Waals surface area contributed by atoms with Crippen LogP contribution >= 0.6 is 0 Å². The van der Waals surface area contributed by atoms with Gasteiger partial charge in [0.05, 0.1) is 5.69 Å². The van der Waals surface area contributed by atoms with E-state index in [2.05, 4.69) is 4.98 Å². The molecule has 0 saturated carbocycles. The summed E-state index contributed by atoms with van der Waals surface area (Å²) in [4.78, 5) is 15.3. The van der Waals surface area contributed by atoms with Gasteiger partial charge in [-0.1, -0.05) is 6.07 Å². The second-order valence-electron chi connectivity index (χ2n) is 4.12. The molecule has 0 aliphatic carbocycles. The van der Waals surface area contributed by atoms with E-state index in [1.807, 2.05) is 39.0 Å². The molecule has 0 amide bonds. The molecular weight excluding hydrogens is 190 g/mol. The van der Waals surface area contributed by atoms with Crippen LogP contribution in [0, 0.1) is 0 Å². The number of aromatic nitrogens is 1. The summed E-state index contributed by atoms with van der Waals surface area (Å²) in [7, 11) is 0. The van der Waals surface area contributed by atoms with Gasteiger partial charge < -0.3 is 4.74 Å². The van der Waals surface area contributed by atoms with Gasteiger partial charge in [-0.2, -0.15) is 0 Å². The molecule has 1 aromatic rings. The maximum Gasteiger partial charge on any atom is 0.331 e. The van der Waals surface area contributed by atoms with Crippen LogP contribution in [0.2, 0.25) is 0 Å². The molecule has 0 aliphatic rings. The number of carbonyl (C=O) groups is 1. The van der Waals surface area contributed by atoms with Crippen LogP contribution in [0.25, 0.3) is 6.08 Å². The Morgan fingerprint density at radius 3 is 2.67 bits per heavy atom. The molecule has 0 atom stereocenters. The summed E-state index contributed by atoms with van der Waals surface area (Å²) in [5, 5.41) is 0. The predicted molar refractivity (Wildman–Crippen MR) is 59.1 cm³/mol. The molecule has 0 saturated heterocycles. The van der Waals surface area contributed by atoms with E-state index >= 15 is 0 Å². The van der Waals surface area contributed by atoms with E-state index in [1.54, 1.807) is 12.3 Å². The highest BCUT2D eigenvalue weighted by atomic mass is 16.6. The second kappa shape index (κ2) is 4.73. The zero-order chi connectivity index (χ0) is 11.3. The Morgan fingerprint density at radius 1 is 1.40 bits per heavy atom. The summed E-state index contributed by atoms with van der Waals surface area (Å²) in [6.45, 7) is 5.50. The Kier molecular flexibility index (Phi) is 3.61. The van der Waals surface area contributed by atoms with Crippen LogP contribution in [0.1, 0.15) is 26.5 Å². The van der Waals surface area contributed by atoms with Crippen molar-refractivity contribution in [1.29, 1.82) is 0 Å². The van der Waals surface area contributed by atoms with Crippen LogP contribution in [-0.2, 0) is 9.53 Å². The van der Waals surface area contributed by atoms with Crippen molar-refractivity contribution < 1.29 is 9.53 Å². The van der Waals surface area contributed by atoms with Crippen molar-refractivity contribution in [3.8, 4) is 0 Å². The van der Waals surface area contributed by atoms with E-state index in [9.17, 15) is 4.79 Å². The first-order valence-electron chi connectivity index (χ1n) is 4.79. The number of carbonyl (C=O) groups excluding carboxylic acids is 1. The first-order chi connectivity index (χ1) is 6.97. The highest BCUT2D eigenvalue weighted by Crippen LogP contribution is 2.07. The van der Waals surface area contributed by atoms with Gasteiger partial charge in [0.1, 0.15) is 5.60 Å². The molecule has 1 rings (SSSR count). The fraction of sp³-hybridized carbons (Fsp3) is 0.333. The monoisotopic (exact) mass is 205 g/mol. The molecule has 0 unspecified atom stereocenters. The van der Waals surface area contributed by atoms with E-state index in [4.69, 9.17) is 4.74 Å². The van der Waals surface area contributed by atoms with E-state index in [1.165, 1.54) is 6.08 Å². The molecule has 0 fully saturated rings. The second-order valence-corrected chi connectivity index (χ2v) is 4.12. The highest BCUT2D eigenvalue weighted by molar-refractivity contribution is 5.86. The van der Waals surface area contributed by atoms with Gasteiger partial charge in [0.25, 0.3) is 0 Å². The molecular formula is C12H15NO2. The van der Waals surface area contributed by atoms with Gasteiger partial charge in [0.15, 0.2) is 0 Å². The molecule has 80 valence electrons. The van der Waals surface area contributed by atoms with Crippen LogP contribution in [0.15, 0.2) is 30.5 Å². The Balaban J connectivity index is 2.56. The summed E-state index contributed by atoms with van der Waals surface area (Å²) in [5.74, 6) is -0.354. The number of hydrogen-bond donors (Lipinski definition) is 0. The maximum absolute atomic E-state index is 11.3. The fourth-order valence-corrected chi connectivity index (χ4v) is 0.964. The maximum atomic E-state index is 11.3. The van der Waals surface area contributed by atoms with Crippen molar-refractivity contribution in [3.05, 3.63) is 36.2 Å². The lowest BCUT2D eigenvalue weighted by molar-refractivity contribution is -0.148. The molecule has 3 heteroatoms. The minimum absolute atomic E-state index is 0.354. The number of rotatable bonds is 2. The average Bonchev–Trinajstić information content (AvgIpc) is 2.14. The first-order valence-corrected chi connectivity index (χ1v) is 4.79. The normalized spacial score (nSPS) is 11.7. The number of nitrogens with zero attached hydrogens (tertiary/aromatic N) is 1. The molecule has 0 aliphatic heterocycles. The summed E-state index contributed by atoms with van der Waals surface area (Å²) < 4.78 is 5.11. The van der Waals surface area contributed by atoms with Crippen LogP contribution in [0.5, 0.6) is 0 Å². The minimum Gasteiger partial charge on any atom is -0.457 e. The molecule has 15 heavy (non-hydrogen) atoms. The third-order valence-electron chi connectivity index (χ3n) is 1.48. The van der Waals surface area contributed by atoms with Crippen LogP contribution < -0.4 is 0 Å². The van der Waals surface area contributed by atoms with Crippen molar-refractivity contribution in [2.24, 2.45) is 0 Å². The number of pyridine rings is 1. The van der Waals surface area contributed by atoms with Gasteiger partial charge in [-0.05, 0) is 39.0 Å². The third-order valence-corrected chi connectivity index (χ3v) is 1.48. The van der Waals surface area contributed by atoms with Gasteiger partial charge in [0, 0.05) is 12.3 Å². The SMILES string of the molecule is CC(C)(C)OC(=O)/C=C/c1ccccn1. The standard InChI is InChI=1S/C12H15NO2/c1-12(2,3)15-11(14)8-7-10-6-4-5-9-13-10/h4-9H,1-3H3/b8-7+. The van der Waals surface area contributed by atoms with E-state index in [0.717, 1.165) is 5.69 Å². The van der Waals surface area contributed by atoms with Gasteiger partial charge in [0.2, 0.25) is 0 Å². The zero-order valence-corrected chi connectivity index (χ0v) is 9.23. The summed E-state index contributed by atoms with van der Waals surface area (Å²) in [6, 6.07) is 5.51. The van der Waals surface area contributed by atoms with Gasteiger partial charge in [-0.25, -0.2) is 4.79 Å². The molecule has 0 aromatic carbocycles. The molecule has 3 nitrogen and oxygen atoms in total. The Bertz CT molecular complexity index is 350. The number of ether oxygens (including phenoxy) is 1. The Morgan fingerprint density at radius 2 is 2.13 bits per heavy atom. The molecule has 0 N–H and O–H groups in total. The third kappa shape index (κ3) is 4.96. The van der Waals surface area contributed by atoms with Gasteiger partial charge >= 0.3 is 5.97 Å². The van der Waals surface area contributed by atoms with Crippen LogP contribution in [-0.4, -0.2) is 16.6 Å². The van der Waals surface area contributed by atoms with Crippen molar-refractivity contribution in [2.75, 3.05) is 0 Å². The topological polar surface area (TPSA) is 39.2 Å². The summed E-state index contributed by atoms with van der Waals surface area (Å²) in [5.41, 5.74) is 0.286. The predicted octanol–water partition coefficient (Wildman–Crippen LogP) is 2.44. The quantitative estimate of drug-likeness (QED) is 0.550. The number of esters is 1. The lowest BCUT2D eigenvalue weighted by Gasteiger charge is -2.17. The zero-order valence-electron chi connectivity index (χ0n) is 9.23. The van der Waals surface area contributed by atoms with Crippen molar-refractivity contribution in [3.63, 3.8) is 0 Å². The molecule has 0 spiro atoms. The minimum atomic E-state index is -0.453. The average molecular weight is 205 g/mol. The van der Waals surface area contributed by atoms with Crippen LogP contribution in [0.3, 0.4) is 0 Å². The molecule has 1 aromatic heterocycles. The summed E-state index contributed by atoms with van der Waals surface area (Å²) in [6.07, 6.45) is 4.69. The summed E-state index contributed by atoms with van der Waals surface area (Å²) >= 11 is 0. The lowest BCUT2D eigenvalue weighted by Crippen LogP contribution is -2.22. The molecule has 0 radical (unpaired) electrons. The van der Waals surface area contributed by atoms with Crippen molar-refractivity contribution in [1.82, 2.24) is 4.98 Å². The first kappa shape index (κ1) is 11.4. The smallest absolute Gasteiger partial charge is 0.331 e. The fourth-order valence-electron chi connectivity index (χ4n) is 0.964. The molecule has 0 bridgehead atoms. The van der Waals surface area contributed by atoms with E-state index in [0.29, 0.717) is 0 Å². The van der Waals surface area contributed by atoms with Gasteiger partial charge in [-0.15, -0.1) is 0 Å². The Labute approximate surface area is 89.8 Å². The largest absolute Gasteiger partial charge is 0.457 e. The van der Waals surface area contributed by atoms with E-state index < -0.39 is 5.60 Å². The van der Waals surface area contributed by atoms with E-state index in [-0.39, 0.29) is 5.97 Å². The van der Waals surface area contributed by atoms with Crippen LogP contribution in [0.4, 0.5) is 0 Å². The van der Waals surface area contributed by atoms with Gasteiger partial charge in [-0.3, -0.25) is 4.98 Å². The Hall–Kier alpha value is -1.64. The lowest BCUT2D eigenvalue weighted by atomic mass is 10.2. The van der Waals surface area contributed by atoms with Crippen molar-refractivity contribution in [2.45, 2.75) is 26.4 Å². The number of hydrogen-bond acceptors (Lipinski definition) is 3. The highest BCUT2D eigenvalue weighted by Gasteiger charge is 2.13. The van der Waals surface area contributed by atoms with Crippen molar-refractivity contribution >= 4 is 12.0 Å².